The van der Waals surface area contributed by atoms with E-state index in [0.29, 0.717) is 5.65 Å². The highest BCUT2D eigenvalue weighted by molar-refractivity contribution is 7.13. The summed E-state index contributed by atoms with van der Waals surface area (Å²) >= 11 is 1.62. The van der Waals surface area contributed by atoms with Crippen LogP contribution in [0.15, 0.2) is 40.6 Å². The minimum Gasteiger partial charge on any atom is -0.290 e. The average molecular weight is 229 g/mol. The molecule has 0 bridgehead atoms. The van der Waals surface area contributed by atoms with E-state index in [-0.39, 0.29) is 5.69 Å². The molecule has 0 radical (unpaired) electrons. The third-order valence-electron chi connectivity index (χ3n) is 2.25. The number of aromatic amines is 1. The van der Waals surface area contributed by atoms with Gasteiger partial charge in [0.05, 0.1) is 10.6 Å². The minimum atomic E-state index is -0.372. The molecule has 4 nitrogen and oxygen atoms in total. The van der Waals surface area contributed by atoms with Crippen LogP contribution in [0.5, 0.6) is 0 Å². The summed E-state index contributed by atoms with van der Waals surface area (Å²) in [5, 5.41) is 2.83. The van der Waals surface area contributed by atoms with Crippen LogP contribution in [0, 0.1) is 0 Å². The zero-order valence-corrected chi connectivity index (χ0v) is 8.99. The molecular formula is C11H7N3OS. The Balaban J connectivity index is 2.26. The van der Waals surface area contributed by atoms with Gasteiger partial charge in [0.1, 0.15) is 5.65 Å². The van der Waals surface area contributed by atoms with E-state index in [1.165, 1.54) is 6.20 Å². The summed E-state index contributed by atoms with van der Waals surface area (Å²) in [5.74, 6) is 0. The molecule has 5 heteroatoms. The lowest BCUT2D eigenvalue weighted by Crippen LogP contribution is -2.09. The van der Waals surface area contributed by atoms with Gasteiger partial charge < -0.3 is 0 Å². The molecule has 0 aliphatic heterocycles. The van der Waals surface area contributed by atoms with Crippen molar-refractivity contribution in [3.05, 3.63) is 46.3 Å². The van der Waals surface area contributed by atoms with E-state index in [9.17, 15) is 4.79 Å². The lowest BCUT2D eigenvalue weighted by Gasteiger charge is -1.99. The van der Waals surface area contributed by atoms with Crippen LogP contribution in [0.3, 0.4) is 0 Å². The first-order valence-corrected chi connectivity index (χ1v) is 5.61. The number of pyridine rings is 1. The van der Waals surface area contributed by atoms with Gasteiger partial charge in [-0.25, -0.2) is 14.8 Å². The van der Waals surface area contributed by atoms with Gasteiger partial charge in [0.25, 0.3) is 0 Å². The first-order chi connectivity index (χ1) is 7.83. The fraction of sp³-hybridized carbons (Fsp3) is 0. The molecule has 16 heavy (non-hydrogen) atoms. The van der Waals surface area contributed by atoms with Crippen LogP contribution in [0.25, 0.3) is 21.6 Å². The second-order valence-electron chi connectivity index (χ2n) is 3.30. The summed E-state index contributed by atoms with van der Waals surface area (Å²) in [6, 6.07) is 7.80. The first kappa shape index (κ1) is 9.23. The molecule has 0 fully saturated rings. The van der Waals surface area contributed by atoms with Gasteiger partial charge in [-0.3, -0.25) is 4.98 Å². The molecule has 0 atom stereocenters. The lowest BCUT2D eigenvalue weighted by atomic mass is 10.2. The number of aromatic nitrogens is 3. The Labute approximate surface area is 94.6 Å². The molecule has 0 saturated heterocycles. The molecule has 0 amide bonds. The fourth-order valence-corrected chi connectivity index (χ4v) is 2.19. The zero-order valence-electron chi connectivity index (χ0n) is 8.18. The molecular weight excluding hydrogens is 222 g/mol. The van der Waals surface area contributed by atoms with Crippen LogP contribution in [-0.2, 0) is 0 Å². The van der Waals surface area contributed by atoms with E-state index in [0.717, 1.165) is 16.0 Å². The second kappa shape index (κ2) is 3.53. The Morgan fingerprint density at radius 3 is 3.00 bits per heavy atom. The zero-order chi connectivity index (χ0) is 11.0. The number of H-pyrrole nitrogens is 1. The van der Waals surface area contributed by atoms with Gasteiger partial charge in [0.15, 0.2) is 0 Å². The summed E-state index contributed by atoms with van der Waals surface area (Å²) < 4.78 is 0. The predicted octanol–water partition coefficient (Wildman–Crippen LogP) is 2.05. The molecule has 3 aromatic heterocycles. The van der Waals surface area contributed by atoms with Crippen LogP contribution in [0.2, 0.25) is 0 Å². The molecule has 3 rings (SSSR count). The number of hydrogen-bond donors (Lipinski definition) is 1. The molecule has 78 valence electrons. The number of hydrogen-bond acceptors (Lipinski definition) is 4. The van der Waals surface area contributed by atoms with Crippen LogP contribution in [0.4, 0.5) is 0 Å². The lowest BCUT2D eigenvalue weighted by molar-refractivity contribution is 1.10. The Morgan fingerprint density at radius 1 is 1.25 bits per heavy atom. The molecule has 0 saturated carbocycles. The SMILES string of the molecule is O=c1ncc2ccc(-c3cccs3)nc2[nH]1. The van der Waals surface area contributed by atoms with E-state index in [4.69, 9.17) is 0 Å². The molecule has 0 spiro atoms. The van der Waals surface area contributed by atoms with Gasteiger partial charge in [-0.1, -0.05) is 6.07 Å². The van der Waals surface area contributed by atoms with Crippen molar-refractivity contribution in [2.24, 2.45) is 0 Å². The van der Waals surface area contributed by atoms with Crippen molar-refractivity contribution in [3.8, 4) is 10.6 Å². The van der Waals surface area contributed by atoms with Crippen LogP contribution < -0.4 is 5.69 Å². The summed E-state index contributed by atoms with van der Waals surface area (Å²) in [5.41, 5.74) is 1.07. The van der Waals surface area contributed by atoms with Gasteiger partial charge >= 0.3 is 5.69 Å². The van der Waals surface area contributed by atoms with Gasteiger partial charge in [0, 0.05) is 11.6 Å². The van der Waals surface area contributed by atoms with E-state index >= 15 is 0 Å². The molecule has 3 heterocycles. The third-order valence-corrected chi connectivity index (χ3v) is 3.14. The third kappa shape index (κ3) is 1.51. The normalized spacial score (nSPS) is 10.8. The fourth-order valence-electron chi connectivity index (χ4n) is 1.50. The summed E-state index contributed by atoms with van der Waals surface area (Å²) in [6.07, 6.45) is 1.53. The van der Waals surface area contributed by atoms with Crippen LogP contribution in [-0.4, -0.2) is 15.0 Å². The monoisotopic (exact) mass is 229 g/mol. The summed E-state index contributed by atoms with van der Waals surface area (Å²) in [7, 11) is 0. The largest absolute Gasteiger partial charge is 0.346 e. The van der Waals surface area contributed by atoms with Crippen molar-refractivity contribution in [2.75, 3.05) is 0 Å². The molecule has 0 aliphatic rings. The number of nitrogens with zero attached hydrogens (tertiary/aromatic N) is 2. The maximum absolute atomic E-state index is 11.1. The van der Waals surface area contributed by atoms with Crippen molar-refractivity contribution >= 4 is 22.4 Å². The maximum atomic E-state index is 11.1. The average Bonchev–Trinajstić information content (AvgIpc) is 2.81. The maximum Gasteiger partial charge on any atom is 0.346 e. The Hall–Kier alpha value is -2.01. The van der Waals surface area contributed by atoms with Gasteiger partial charge in [-0.05, 0) is 23.6 Å². The number of fused-ring (bicyclic) bond motifs is 1. The quantitative estimate of drug-likeness (QED) is 0.694. The second-order valence-corrected chi connectivity index (χ2v) is 4.25. The standard InChI is InChI=1S/C11H7N3OS/c15-11-12-6-7-3-4-8(13-10(7)14-11)9-2-1-5-16-9/h1-6H,(H,12,13,14,15). The van der Waals surface area contributed by atoms with E-state index < -0.39 is 0 Å². The minimum absolute atomic E-state index is 0.372. The van der Waals surface area contributed by atoms with Gasteiger partial charge in [-0.15, -0.1) is 11.3 Å². The molecule has 0 aliphatic carbocycles. The highest BCUT2D eigenvalue weighted by Gasteiger charge is 2.02. The van der Waals surface area contributed by atoms with E-state index in [1.54, 1.807) is 11.3 Å². The highest BCUT2D eigenvalue weighted by Crippen LogP contribution is 2.23. The number of nitrogens with one attached hydrogen (secondary N) is 1. The first-order valence-electron chi connectivity index (χ1n) is 4.73. The van der Waals surface area contributed by atoms with Crippen LogP contribution in [0.1, 0.15) is 0 Å². The predicted molar refractivity (Wildman–Crippen MR) is 63.5 cm³/mol. The van der Waals surface area contributed by atoms with Gasteiger partial charge in [-0.2, -0.15) is 0 Å². The number of rotatable bonds is 1. The highest BCUT2D eigenvalue weighted by atomic mass is 32.1. The van der Waals surface area contributed by atoms with Crippen molar-refractivity contribution < 1.29 is 0 Å². The number of thiophene rings is 1. The Kier molecular flexibility index (Phi) is 2.04. The summed E-state index contributed by atoms with van der Waals surface area (Å²) in [4.78, 5) is 22.8. The molecule has 3 aromatic rings. The van der Waals surface area contributed by atoms with E-state index in [2.05, 4.69) is 15.0 Å². The van der Waals surface area contributed by atoms with E-state index in [1.807, 2.05) is 29.6 Å². The van der Waals surface area contributed by atoms with Crippen molar-refractivity contribution in [1.82, 2.24) is 15.0 Å². The van der Waals surface area contributed by atoms with Crippen molar-refractivity contribution in [1.29, 1.82) is 0 Å². The van der Waals surface area contributed by atoms with Crippen molar-refractivity contribution in [2.45, 2.75) is 0 Å². The molecule has 0 unspecified atom stereocenters. The topological polar surface area (TPSA) is 58.6 Å². The van der Waals surface area contributed by atoms with Crippen molar-refractivity contribution in [3.63, 3.8) is 0 Å². The van der Waals surface area contributed by atoms with Crippen LogP contribution >= 0.6 is 11.3 Å². The Morgan fingerprint density at radius 2 is 2.19 bits per heavy atom. The Bertz CT molecular complexity index is 688. The molecule has 0 aromatic carbocycles. The van der Waals surface area contributed by atoms with Gasteiger partial charge in [0.2, 0.25) is 0 Å². The molecule has 1 N–H and O–H groups in total. The summed E-state index contributed by atoms with van der Waals surface area (Å²) in [6.45, 7) is 0. The smallest absolute Gasteiger partial charge is 0.290 e.